The highest BCUT2D eigenvalue weighted by atomic mass is 32.2. The number of nitrogens with zero attached hydrogens (tertiary/aromatic N) is 5. The number of benzene rings is 1. The van der Waals surface area contributed by atoms with E-state index in [2.05, 4.69) is 38.8 Å². The van der Waals surface area contributed by atoms with Gasteiger partial charge in [-0.15, -0.1) is 10.2 Å². The largest absolute Gasteiger partial charge is 0.333 e. The van der Waals surface area contributed by atoms with Gasteiger partial charge < -0.3 is 4.90 Å². The second-order valence-electron chi connectivity index (χ2n) is 6.20. The van der Waals surface area contributed by atoms with Crippen LogP contribution in [0.5, 0.6) is 0 Å². The Balaban J connectivity index is 1.73. The molecule has 0 radical (unpaired) electrons. The summed E-state index contributed by atoms with van der Waals surface area (Å²) in [6, 6.07) is 12.0. The normalized spacial score (nSPS) is 14.2. The molecule has 1 saturated heterocycles. The summed E-state index contributed by atoms with van der Waals surface area (Å²) in [5, 5.41) is 9.60. The standard InChI is InChI=1S/C19H19N5OS/c1-14-6-2-3-8-16(14)24-18(15-7-4-10-20-12-15)21-22-19(24)26-13-23-11-5-9-17(23)25/h2-4,6-8,10,12H,5,9,11,13H2,1H3. The van der Waals surface area contributed by atoms with Gasteiger partial charge in [-0.05, 0) is 37.1 Å². The van der Waals surface area contributed by atoms with Crippen molar-refractivity contribution in [2.45, 2.75) is 24.9 Å². The van der Waals surface area contributed by atoms with Gasteiger partial charge in [-0.3, -0.25) is 14.3 Å². The quantitative estimate of drug-likeness (QED) is 0.649. The van der Waals surface area contributed by atoms with Crippen LogP contribution in [0.3, 0.4) is 0 Å². The number of carbonyl (C=O) groups is 1. The molecular weight excluding hydrogens is 346 g/mol. The van der Waals surface area contributed by atoms with Crippen LogP contribution in [0.2, 0.25) is 0 Å². The maximum atomic E-state index is 11.9. The summed E-state index contributed by atoms with van der Waals surface area (Å²) in [5.74, 6) is 1.56. The molecule has 6 nitrogen and oxygen atoms in total. The molecule has 2 aromatic heterocycles. The Morgan fingerprint density at radius 3 is 2.77 bits per heavy atom. The van der Waals surface area contributed by atoms with Gasteiger partial charge in [0.25, 0.3) is 0 Å². The lowest BCUT2D eigenvalue weighted by atomic mass is 10.2. The number of aryl methyl sites for hydroxylation is 1. The third-order valence-corrected chi connectivity index (χ3v) is 5.39. The molecule has 0 N–H and O–H groups in total. The zero-order valence-corrected chi connectivity index (χ0v) is 15.3. The Bertz CT molecular complexity index is 925. The third kappa shape index (κ3) is 3.22. The number of carbonyl (C=O) groups excluding carboxylic acids is 1. The predicted octanol–water partition coefficient (Wildman–Crippen LogP) is 3.31. The van der Waals surface area contributed by atoms with Crippen molar-refractivity contribution in [1.82, 2.24) is 24.6 Å². The summed E-state index contributed by atoms with van der Waals surface area (Å²) in [6.07, 6.45) is 5.11. The van der Waals surface area contributed by atoms with Crippen molar-refractivity contribution < 1.29 is 4.79 Å². The number of hydrogen-bond donors (Lipinski definition) is 0. The van der Waals surface area contributed by atoms with E-state index in [0.717, 1.165) is 40.8 Å². The summed E-state index contributed by atoms with van der Waals surface area (Å²) in [5.41, 5.74) is 3.08. The van der Waals surface area contributed by atoms with E-state index in [1.165, 1.54) is 0 Å². The number of hydrogen-bond acceptors (Lipinski definition) is 5. The van der Waals surface area contributed by atoms with Crippen molar-refractivity contribution in [2.75, 3.05) is 12.4 Å². The lowest BCUT2D eigenvalue weighted by Gasteiger charge is -2.16. The van der Waals surface area contributed by atoms with Gasteiger partial charge in [0.15, 0.2) is 11.0 Å². The van der Waals surface area contributed by atoms with Crippen LogP contribution in [0, 0.1) is 6.92 Å². The molecule has 0 saturated carbocycles. The SMILES string of the molecule is Cc1ccccc1-n1c(SCN2CCCC2=O)nnc1-c1cccnc1. The first kappa shape index (κ1) is 16.8. The van der Waals surface area contributed by atoms with E-state index in [1.54, 1.807) is 24.2 Å². The molecule has 0 spiro atoms. The van der Waals surface area contributed by atoms with Crippen molar-refractivity contribution in [1.29, 1.82) is 0 Å². The van der Waals surface area contributed by atoms with Crippen LogP contribution in [0.1, 0.15) is 18.4 Å². The lowest BCUT2D eigenvalue weighted by Crippen LogP contribution is -2.24. The minimum Gasteiger partial charge on any atom is -0.333 e. The summed E-state index contributed by atoms with van der Waals surface area (Å²) in [4.78, 5) is 18.0. The predicted molar refractivity (Wildman–Crippen MR) is 101 cm³/mol. The monoisotopic (exact) mass is 365 g/mol. The lowest BCUT2D eigenvalue weighted by molar-refractivity contribution is -0.126. The molecule has 1 fully saturated rings. The van der Waals surface area contributed by atoms with Gasteiger partial charge in [-0.1, -0.05) is 30.0 Å². The summed E-state index contributed by atoms with van der Waals surface area (Å²) >= 11 is 1.54. The first-order valence-electron chi connectivity index (χ1n) is 8.56. The molecule has 1 aliphatic rings. The Morgan fingerprint density at radius 1 is 1.15 bits per heavy atom. The maximum absolute atomic E-state index is 11.9. The molecular formula is C19H19N5OS. The number of thioether (sulfide) groups is 1. The Kier molecular flexibility index (Phi) is 4.71. The minimum absolute atomic E-state index is 0.215. The van der Waals surface area contributed by atoms with Gasteiger partial charge >= 0.3 is 0 Å². The van der Waals surface area contributed by atoms with Crippen LogP contribution in [0.4, 0.5) is 0 Å². The number of rotatable bonds is 5. The molecule has 3 aromatic rings. The molecule has 0 atom stereocenters. The highest BCUT2D eigenvalue weighted by molar-refractivity contribution is 7.99. The van der Waals surface area contributed by atoms with Crippen molar-refractivity contribution >= 4 is 17.7 Å². The fraction of sp³-hybridized carbons (Fsp3) is 0.263. The molecule has 132 valence electrons. The molecule has 7 heteroatoms. The van der Waals surface area contributed by atoms with Gasteiger partial charge in [-0.2, -0.15) is 0 Å². The zero-order chi connectivity index (χ0) is 17.9. The fourth-order valence-corrected chi connectivity index (χ4v) is 4.01. The Hall–Kier alpha value is -2.67. The average Bonchev–Trinajstić information content (AvgIpc) is 3.27. The topological polar surface area (TPSA) is 63.9 Å². The van der Waals surface area contributed by atoms with Crippen molar-refractivity contribution in [3.63, 3.8) is 0 Å². The number of likely N-dealkylation sites (tertiary alicyclic amines) is 1. The van der Waals surface area contributed by atoms with Crippen LogP contribution in [-0.2, 0) is 4.79 Å². The van der Waals surface area contributed by atoms with Crippen LogP contribution in [0.15, 0.2) is 53.9 Å². The molecule has 3 heterocycles. The fourth-order valence-electron chi connectivity index (χ4n) is 3.05. The Labute approximate surface area is 156 Å². The summed E-state index contributed by atoms with van der Waals surface area (Å²) < 4.78 is 2.05. The van der Waals surface area contributed by atoms with E-state index in [0.29, 0.717) is 12.3 Å². The molecule has 0 aliphatic carbocycles. The van der Waals surface area contributed by atoms with Crippen molar-refractivity contribution in [3.05, 3.63) is 54.4 Å². The van der Waals surface area contributed by atoms with Gasteiger partial charge in [-0.25, -0.2) is 0 Å². The number of aromatic nitrogens is 4. The van der Waals surface area contributed by atoms with Crippen LogP contribution in [0.25, 0.3) is 17.1 Å². The second-order valence-corrected chi connectivity index (χ2v) is 7.12. The minimum atomic E-state index is 0.215. The van der Waals surface area contributed by atoms with Crippen molar-refractivity contribution in [2.24, 2.45) is 0 Å². The smallest absolute Gasteiger partial charge is 0.223 e. The van der Waals surface area contributed by atoms with E-state index < -0.39 is 0 Å². The maximum Gasteiger partial charge on any atom is 0.223 e. The average molecular weight is 365 g/mol. The molecule has 1 aliphatic heterocycles. The first-order chi connectivity index (χ1) is 12.7. The molecule has 0 bridgehead atoms. The summed E-state index contributed by atoms with van der Waals surface area (Å²) in [6.45, 7) is 2.89. The zero-order valence-electron chi connectivity index (χ0n) is 14.5. The van der Waals surface area contributed by atoms with E-state index in [9.17, 15) is 4.79 Å². The second kappa shape index (κ2) is 7.29. The Morgan fingerprint density at radius 2 is 2.04 bits per heavy atom. The van der Waals surface area contributed by atoms with Crippen LogP contribution < -0.4 is 0 Å². The van der Waals surface area contributed by atoms with Gasteiger partial charge in [0, 0.05) is 30.9 Å². The molecule has 4 rings (SSSR count). The van der Waals surface area contributed by atoms with Gasteiger partial charge in [0.05, 0.1) is 11.6 Å². The molecule has 26 heavy (non-hydrogen) atoms. The molecule has 1 amide bonds. The number of amides is 1. The molecule has 1 aromatic carbocycles. The summed E-state index contributed by atoms with van der Waals surface area (Å²) in [7, 11) is 0. The van der Waals surface area contributed by atoms with Crippen LogP contribution >= 0.6 is 11.8 Å². The van der Waals surface area contributed by atoms with E-state index in [4.69, 9.17) is 0 Å². The first-order valence-corrected chi connectivity index (χ1v) is 9.55. The highest BCUT2D eigenvalue weighted by Gasteiger charge is 2.22. The third-order valence-electron chi connectivity index (χ3n) is 4.43. The van der Waals surface area contributed by atoms with E-state index in [-0.39, 0.29) is 5.91 Å². The number of pyridine rings is 1. The highest BCUT2D eigenvalue weighted by Crippen LogP contribution is 2.30. The van der Waals surface area contributed by atoms with Crippen LogP contribution in [-0.4, -0.2) is 43.0 Å². The van der Waals surface area contributed by atoms with Gasteiger partial charge in [0.2, 0.25) is 5.91 Å². The van der Waals surface area contributed by atoms with E-state index >= 15 is 0 Å². The van der Waals surface area contributed by atoms with Crippen molar-refractivity contribution in [3.8, 4) is 17.1 Å². The van der Waals surface area contributed by atoms with Gasteiger partial charge in [0.1, 0.15) is 0 Å². The molecule has 0 unspecified atom stereocenters. The number of para-hydroxylation sites is 1. The van der Waals surface area contributed by atoms with E-state index in [1.807, 2.05) is 29.2 Å².